The number of rotatable bonds is 4. The first kappa shape index (κ1) is 12.4. The van der Waals surface area contributed by atoms with Gasteiger partial charge in [0.15, 0.2) is 5.82 Å². The fourth-order valence-corrected chi connectivity index (χ4v) is 2.79. The Morgan fingerprint density at radius 2 is 2.37 bits per heavy atom. The van der Waals surface area contributed by atoms with Crippen LogP contribution in [-0.4, -0.2) is 26.7 Å². The summed E-state index contributed by atoms with van der Waals surface area (Å²) >= 11 is 1.55. The fourth-order valence-electron chi connectivity index (χ4n) is 2.10. The highest BCUT2D eigenvalue weighted by Gasteiger charge is 2.18. The summed E-state index contributed by atoms with van der Waals surface area (Å²) in [6.45, 7) is 3.12. The van der Waals surface area contributed by atoms with Crippen molar-refractivity contribution in [1.29, 1.82) is 0 Å². The predicted octanol–water partition coefficient (Wildman–Crippen LogP) is 2.06. The fraction of sp³-hybridized carbons (Fsp3) is 0.500. The third-order valence-electron chi connectivity index (χ3n) is 3.07. The smallest absolute Gasteiger partial charge is 0.211 e. The number of aromatic nitrogens is 4. The summed E-state index contributed by atoms with van der Waals surface area (Å²) in [6, 6.07) is 0.329. The zero-order valence-corrected chi connectivity index (χ0v) is 11.6. The van der Waals surface area contributed by atoms with Gasteiger partial charge in [-0.1, -0.05) is 18.3 Å². The second-order valence-electron chi connectivity index (χ2n) is 4.46. The summed E-state index contributed by atoms with van der Waals surface area (Å²) in [6.07, 6.45) is 6.76. The molecule has 7 heteroatoms. The number of nitrogens with zero attached hydrogens (tertiary/aromatic N) is 4. The lowest BCUT2D eigenvalue weighted by Crippen LogP contribution is -2.15. The van der Waals surface area contributed by atoms with Crippen LogP contribution in [0.15, 0.2) is 12.4 Å². The third kappa shape index (κ3) is 2.87. The molecule has 6 nitrogen and oxygen atoms in total. The van der Waals surface area contributed by atoms with Crippen LogP contribution in [0.5, 0.6) is 0 Å². The molecule has 0 spiro atoms. The van der Waals surface area contributed by atoms with E-state index in [1.165, 1.54) is 6.42 Å². The van der Waals surface area contributed by atoms with E-state index in [0.717, 1.165) is 41.0 Å². The monoisotopic (exact) mass is 276 g/mol. The SMILES string of the molecule is CCc1nnc(Nc2cncc([C@H]3CCCN3)n2)s1. The van der Waals surface area contributed by atoms with Gasteiger partial charge in [0.05, 0.1) is 24.1 Å². The maximum Gasteiger partial charge on any atom is 0.211 e. The molecule has 100 valence electrons. The lowest BCUT2D eigenvalue weighted by atomic mass is 10.2. The topological polar surface area (TPSA) is 75.6 Å². The number of hydrogen-bond donors (Lipinski definition) is 2. The molecule has 1 aliphatic heterocycles. The van der Waals surface area contributed by atoms with Gasteiger partial charge in [-0.25, -0.2) is 4.98 Å². The molecule has 1 aliphatic rings. The first-order valence-electron chi connectivity index (χ1n) is 6.50. The largest absolute Gasteiger partial charge is 0.313 e. The Bertz CT molecular complexity index is 549. The van der Waals surface area contributed by atoms with Crippen molar-refractivity contribution in [1.82, 2.24) is 25.5 Å². The molecule has 0 radical (unpaired) electrons. The van der Waals surface area contributed by atoms with E-state index in [4.69, 9.17) is 0 Å². The van der Waals surface area contributed by atoms with Crippen LogP contribution in [0.25, 0.3) is 0 Å². The summed E-state index contributed by atoms with van der Waals surface area (Å²) in [7, 11) is 0. The van der Waals surface area contributed by atoms with E-state index in [1.54, 1.807) is 17.5 Å². The van der Waals surface area contributed by atoms with Gasteiger partial charge < -0.3 is 10.6 Å². The van der Waals surface area contributed by atoms with Crippen molar-refractivity contribution in [2.75, 3.05) is 11.9 Å². The highest BCUT2D eigenvalue weighted by atomic mass is 32.1. The Morgan fingerprint density at radius 1 is 1.42 bits per heavy atom. The molecule has 19 heavy (non-hydrogen) atoms. The van der Waals surface area contributed by atoms with Crippen molar-refractivity contribution in [2.24, 2.45) is 0 Å². The Kier molecular flexibility index (Phi) is 3.65. The van der Waals surface area contributed by atoms with Crippen LogP contribution >= 0.6 is 11.3 Å². The molecular weight excluding hydrogens is 260 g/mol. The molecule has 1 atom stereocenters. The van der Waals surface area contributed by atoms with Crippen molar-refractivity contribution in [2.45, 2.75) is 32.2 Å². The highest BCUT2D eigenvalue weighted by molar-refractivity contribution is 7.15. The van der Waals surface area contributed by atoms with Gasteiger partial charge in [-0.3, -0.25) is 4.98 Å². The van der Waals surface area contributed by atoms with Gasteiger partial charge in [0.25, 0.3) is 0 Å². The molecule has 2 N–H and O–H groups in total. The van der Waals surface area contributed by atoms with Crippen LogP contribution in [-0.2, 0) is 6.42 Å². The minimum Gasteiger partial charge on any atom is -0.313 e. The summed E-state index contributed by atoms with van der Waals surface area (Å²) in [5, 5.41) is 16.5. The van der Waals surface area contributed by atoms with Crippen molar-refractivity contribution in [3.8, 4) is 0 Å². The van der Waals surface area contributed by atoms with Crippen molar-refractivity contribution >= 4 is 22.3 Å². The second-order valence-corrected chi connectivity index (χ2v) is 5.52. The molecule has 0 unspecified atom stereocenters. The van der Waals surface area contributed by atoms with E-state index in [-0.39, 0.29) is 0 Å². The lowest BCUT2D eigenvalue weighted by molar-refractivity contribution is 0.625. The highest BCUT2D eigenvalue weighted by Crippen LogP contribution is 2.23. The van der Waals surface area contributed by atoms with Crippen LogP contribution in [0, 0.1) is 0 Å². The van der Waals surface area contributed by atoms with Gasteiger partial charge in [0.1, 0.15) is 5.01 Å². The molecular formula is C12H16N6S. The van der Waals surface area contributed by atoms with Gasteiger partial charge >= 0.3 is 0 Å². The Hall–Kier alpha value is -1.60. The normalized spacial score (nSPS) is 18.7. The number of hydrogen-bond acceptors (Lipinski definition) is 7. The Balaban J connectivity index is 1.75. The average Bonchev–Trinajstić information content (AvgIpc) is 3.10. The van der Waals surface area contributed by atoms with Gasteiger partial charge in [0.2, 0.25) is 5.13 Å². The van der Waals surface area contributed by atoms with Gasteiger partial charge in [0, 0.05) is 0 Å². The van der Waals surface area contributed by atoms with Gasteiger partial charge in [-0.15, -0.1) is 10.2 Å². The maximum absolute atomic E-state index is 4.59. The quantitative estimate of drug-likeness (QED) is 0.890. The van der Waals surface area contributed by atoms with Crippen LogP contribution in [0.4, 0.5) is 10.9 Å². The van der Waals surface area contributed by atoms with E-state index in [1.807, 2.05) is 6.20 Å². The molecule has 0 bridgehead atoms. The average molecular weight is 276 g/mol. The summed E-state index contributed by atoms with van der Waals surface area (Å²) in [4.78, 5) is 8.83. The molecule has 2 aromatic heterocycles. The van der Waals surface area contributed by atoms with E-state index in [2.05, 4.69) is 37.7 Å². The van der Waals surface area contributed by atoms with Crippen LogP contribution in [0.2, 0.25) is 0 Å². The van der Waals surface area contributed by atoms with Crippen LogP contribution in [0.1, 0.15) is 36.5 Å². The molecule has 3 rings (SSSR count). The molecule has 2 aromatic rings. The van der Waals surface area contributed by atoms with E-state index < -0.39 is 0 Å². The maximum atomic E-state index is 4.59. The van der Waals surface area contributed by atoms with Gasteiger partial charge in [-0.2, -0.15) is 0 Å². The van der Waals surface area contributed by atoms with E-state index >= 15 is 0 Å². The van der Waals surface area contributed by atoms with Crippen molar-refractivity contribution in [3.63, 3.8) is 0 Å². The summed E-state index contributed by atoms with van der Waals surface area (Å²) in [5.41, 5.74) is 0.989. The first-order valence-corrected chi connectivity index (χ1v) is 7.31. The second kappa shape index (κ2) is 5.58. The molecule has 0 aromatic carbocycles. The molecule has 3 heterocycles. The number of nitrogens with one attached hydrogen (secondary N) is 2. The lowest BCUT2D eigenvalue weighted by Gasteiger charge is -2.10. The summed E-state index contributed by atoms with van der Waals surface area (Å²) in [5.74, 6) is 0.727. The standard InChI is InChI=1S/C12H16N6S/c1-2-11-17-18-12(19-11)16-10-7-13-6-9(15-10)8-4-3-5-14-8/h6-8,14H,2-5H2,1H3,(H,15,16,18)/t8-/m1/s1. The molecule has 0 amide bonds. The number of aryl methyl sites for hydroxylation is 1. The van der Waals surface area contributed by atoms with Crippen molar-refractivity contribution in [3.05, 3.63) is 23.1 Å². The van der Waals surface area contributed by atoms with E-state index in [9.17, 15) is 0 Å². The molecule has 1 fully saturated rings. The number of anilines is 2. The minimum absolute atomic E-state index is 0.329. The Morgan fingerprint density at radius 3 is 3.11 bits per heavy atom. The zero-order valence-electron chi connectivity index (χ0n) is 10.8. The Labute approximate surface area is 115 Å². The van der Waals surface area contributed by atoms with Gasteiger partial charge in [-0.05, 0) is 25.8 Å². The molecule has 1 saturated heterocycles. The van der Waals surface area contributed by atoms with Crippen LogP contribution < -0.4 is 10.6 Å². The third-order valence-corrected chi connectivity index (χ3v) is 4.06. The van der Waals surface area contributed by atoms with E-state index in [0.29, 0.717) is 6.04 Å². The predicted molar refractivity (Wildman–Crippen MR) is 74.6 cm³/mol. The summed E-state index contributed by atoms with van der Waals surface area (Å²) < 4.78 is 0. The van der Waals surface area contributed by atoms with Crippen LogP contribution in [0.3, 0.4) is 0 Å². The first-order chi connectivity index (χ1) is 9.35. The molecule has 0 saturated carbocycles. The molecule has 0 aliphatic carbocycles. The van der Waals surface area contributed by atoms with Crippen molar-refractivity contribution < 1.29 is 0 Å². The minimum atomic E-state index is 0.329. The zero-order chi connectivity index (χ0) is 13.1.